The summed E-state index contributed by atoms with van der Waals surface area (Å²) in [5.74, 6) is 0.647. The van der Waals surface area contributed by atoms with Crippen LogP contribution < -0.4 is 16.2 Å². The molecule has 1 fully saturated rings. The van der Waals surface area contributed by atoms with Crippen molar-refractivity contribution in [1.82, 2.24) is 20.1 Å². The van der Waals surface area contributed by atoms with Gasteiger partial charge in [-0.25, -0.2) is 0 Å². The minimum absolute atomic E-state index is 0.0580. The Morgan fingerprint density at radius 1 is 1.03 bits per heavy atom. The maximum atomic E-state index is 12.1. The number of carbonyl (C=O) groups is 1. The molecule has 2 bridgehead atoms. The lowest BCUT2D eigenvalue weighted by molar-refractivity contribution is -0.120. The highest BCUT2D eigenvalue weighted by Crippen LogP contribution is 2.34. The first-order valence-corrected chi connectivity index (χ1v) is 10.5. The number of hydrogen-bond acceptors (Lipinski definition) is 3. The van der Waals surface area contributed by atoms with Crippen LogP contribution in [-0.2, 0) is 17.8 Å². The molecule has 0 aliphatic carbocycles. The number of carbonyl (C=O) groups excluding carboxylic acids is 1. The fourth-order valence-electron chi connectivity index (χ4n) is 4.38. The number of pyridine rings is 1. The average Bonchev–Trinajstić information content (AvgIpc) is 2.73. The number of rotatable bonds is 5. The standard InChI is InChI=1S/C22H26N4O2S/c27-20(23-10-9-16-5-2-1-3-6-16)12-24-22(29)25-13-17-11-18(15-25)19-7-4-8-21(28)26(19)14-17/h1-8,17-18H,9-15H2,(H,23,27)(H,24,29)/t17-,18+/m1/s1. The van der Waals surface area contributed by atoms with Gasteiger partial charge in [-0.3, -0.25) is 9.59 Å². The molecule has 1 aromatic carbocycles. The van der Waals surface area contributed by atoms with Crippen LogP contribution in [-0.4, -0.2) is 46.7 Å². The quantitative estimate of drug-likeness (QED) is 0.732. The number of nitrogens with one attached hydrogen (secondary N) is 2. The van der Waals surface area contributed by atoms with Gasteiger partial charge in [-0.15, -0.1) is 0 Å². The van der Waals surface area contributed by atoms with Crippen LogP contribution in [0, 0.1) is 5.92 Å². The Kier molecular flexibility index (Phi) is 5.94. The number of nitrogens with zero attached hydrogens (tertiary/aromatic N) is 2. The Balaban J connectivity index is 1.25. The number of hydrogen-bond donors (Lipinski definition) is 2. The first-order valence-electron chi connectivity index (χ1n) is 10.1. The largest absolute Gasteiger partial charge is 0.354 e. The summed E-state index contributed by atoms with van der Waals surface area (Å²) < 4.78 is 1.91. The van der Waals surface area contributed by atoms with Crippen LogP contribution in [0.3, 0.4) is 0 Å². The van der Waals surface area contributed by atoms with Crippen LogP contribution in [0.25, 0.3) is 0 Å². The molecule has 0 radical (unpaired) electrons. The summed E-state index contributed by atoms with van der Waals surface area (Å²) >= 11 is 5.55. The molecule has 1 aromatic heterocycles. The highest BCUT2D eigenvalue weighted by molar-refractivity contribution is 7.80. The first-order chi connectivity index (χ1) is 14.1. The summed E-state index contributed by atoms with van der Waals surface area (Å²) in [5, 5.41) is 6.65. The van der Waals surface area contributed by atoms with E-state index in [1.54, 1.807) is 6.07 Å². The average molecular weight is 411 g/mol. The molecule has 1 saturated heterocycles. The third kappa shape index (κ3) is 4.67. The fourth-order valence-corrected chi connectivity index (χ4v) is 4.60. The smallest absolute Gasteiger partial charge is 0.250 e. The lowest BCUT2D eigenvalue weighted by Crippen LogP contribution is -2.52. The SMILES string of the molecule is O=C(CNC(=S)N1C[C@H]2C[C@@H](C1)c1cccc(=O)n1C2)NCCc1ccccc1. The number of thiocarbonyl (C=S) groups is 1. The van der Waals surface area contributed by atoms with E-state index in [2.05, 4.69) is 27.7 Å². The van der Waals surface area contributed by atoms with Gasteiger partial charge in [0, 0.05) is 43.9 Å². The summed E-state index contributed by atoms with van der Waals surface area (Å²) in [6, 6.07) is 15.6. The van der Waals surface area contributed by atoms with Crippen LogP contribution in [0.5, 0.6) is 0 Å². The van der Waals surface area contributed by atoms with E-state index in [1.165, 1.54) is 5.56 Å². The number of likely N-dealkylation sites (tertiary alicyclic amines) is 1. The topological polar surface area (TPSA) is 66.4 Å². The molecule has 6 nitrogen and oxygen atoms in total. The molecular weight excluding hydrogens is 384 g/mol. The van der Waals surface area contributed by atoms with E-state index in [4.69, 9.17) is 12.2 Å². The normalized spacial score (nSPS) is 19.9. The molecule has 0 saturated carbocycles. The minimum atomic E-state index is -0.0580. The van der Waals surface area contributed by atoms with Gasteiger partial charge in [-0.05, 0) is 42.6 Å². The van der Waals surface area contributed by atoms with Gasteiger partial charge in [0.15, 0.2) is 5.11 Å². The molecular formula is C22H26N4O2S. The summed E-state index contributed by atoms with van der Waals surface area (Å²) in [6.07, 6.45) is 1.90. The summed E-state index contributed by atoms with van der Waals surface area (Å²) in [4.78, 5) is 26.4. The second-order valence-electron chi connectivity index (χ2n) is 7.85. The third-order valence-corrected chi connectivity index (χ3v) is 6.15. The van der Waals surface area contributed by atoms with E-state index in [0.29, 0.717) is 23.5 Å². The molecule has 1 amide bonds. The van der Waals surface area contributed by atoms with Gasteiger partial charge in [0.2, 0.25) is 5.91 Å². The van der Waals surface area contributed by atoms with E-state index < -0.39 is 0 Å². The second kappa shape index (κ2) is 8.78. The zero-order valence-electron chi connectivity index (χ0n) is 16.3. The van der Waals surface area contributed by atoms with Crippen molar-refractivity contribution >= 4 is 23.2 Å². The zero-order chi connectivity index (χ0) is 20.2. The summed E-state index contributed by atoms with van der Waals surface area (Å²) in [5.41, 5.74) is 2.38. The van der Waals surface area contributed by atoms with Gasteiger partial charge in [0.1, 0.15) is 0 Å². The van der Waals surface area contributed by atoms with Crippen LogP contribution in [0.15, 0.2) is 53.3 Å². The van der Waals surface area contributed by atoms with Gasteiger partial charge < -0.3 is 20.1 Å². The molecule has 2 aliphatic heterocycles. The molecule has 0 spiro atoms. The molecule has 152 valence electrons. The third-order valence-electron chi connectivity index (χ3n) is 5.75. The number of fused-ring (bicyclic) bond motifs is 4. The molecule has 2 aliphatic rings. The maximum absolute atomic E-state index is 12.1. The van der Waals surface area contributed by atoms with E-state index in [1.807, 2.05) is 34.9 Å². The van der Waals surface area contributed by atoms with Crippen molar-refractivity contribution < 1.29 is 4.79 Å². The predicted octanol–water partition coefficient (Wildman–Crippen LogP) is 1.50. The van der Waals surface area contributed by atoms with Crippen LogP contribution in [0.2, 0.25) is 0 Å². The maximum Gasteiger partial charge on any atom is 0.250 e. The Bertz CT molecular complexity index is 943. The highest BCUT2D eigenvalue weighted by atomic mass is 32.1. The molecule has 2 N–H and O–H groups in total. The van der Waals surface area contributed by atoms with Gasteiger partial charge >= 0.3 is 0 Å². The Morgan fingerprint density at radius 2 is 1.86 bits per heavy atom. The summed E-state index contributed by atoms with van der Waals surface area (Å²) in [7, 11) is 0. The fraction of sp³-hybridized carbons (Fsp3) is 0.409. The Hall–Kier alpha value is -2.67. The number of amides is 1. The lowest BCUT2D eigenvalue weighted by atomic mass is 9.83. The monoisotopic (exact) mass is 410 g/mol. The first kappa shape index (κ1) is 19.6. The van der Waals surface area contributed by atoms with Crippen LogP contribution >= 0.6 is 12.2 Å². The van der Waals surface area contributed by atoms with Gasteiger partial charge in [0.25, 0.3) is 5.56 Å². The molecule has 29 heavy (non-hydrogen) atoms. The molecule has 0 unspecified atom stereocenters. The van der Waals surface area contributed by atoms with Crippen molar-refractivity contribution in [1.29, 1.82) is 0 Å². The molecule has 7 heteroatoms. The number of piperidine rings is 1. The Labute approximate surface area is 175 Å². The van der Waals surface area contributed by atoms with Gasteiger partial charge in [-0.1, -0.05) is 36.4 Å². The van der Waals surface area contributed by atoms with Crippen molar-refractivity contribution in [3.05, 3.63) is 70.1 Å². The van der Waals surface area contributed by atoms with E-state index in [0.717, 1.165) is 38.2 Å². The van der Waals surface area contributed by atoms with Crippen molar-refractivity contribution in [3.8, 4) is 0 Å². The lowest BCUT2D eigenvalue weighted by Gasteiger charge is -2.43. The van der Waals surface area contributed by atoms with E-state index >= 15 is 0 Å². The van der Waals surface area contributed by atoms with Crippen LogP contribution in [0.4, 0.5) is 0 Å². The summed E-state index contributed by atoms with van der Waals surface area (Å²) in [6.45, 7) is 3.12. The molecule has 2 aromatic rings. The Morgan fingerprint density at radius 3 is 2.69 bits per heavy atom. The highest BCUT2D eigenvalue weighted by Gasteiger charge is 2.35. The van der Waals surface area contributed by atoms with Crippen LogP contribution in [0.1, 0.15) is 23.6 Å². The zero-order valence-corrected chi connectivity index (χ0v) is 17.2. The van der Waals surface area contributed by atoms with Crippen molar-refractivity contribution in [2.45, 2.75) is 25.3 Å². The molecule has 4 rings (SSSR count). The van der Waals surface area contributed by atoms with Crippen molar-refractivity contribution in [2.75, 3.05) is 26.2 Å². The van der Waals surface area contributed by atoms with Gasteiger partial charge in [-0.2, -0.15) is 0 Å². The minimum Gasteiger partial charge on any atom is -0.354 e. The van der Waals surface area contributed by atoms with Gasteiger partial charge in [0.05, 0.1) is 6.54 Å². The van der Waals surface area contributed by atoms with E-state index in [9.17, 15) is 9.59 Å². The molecule has 2 atom stereocenters. The second-order valence-corrected chi connectivity index (χ2v) is 8.23. The van der Waals surface area contributed by atoms with E-state index in [-0.39, 0.29) is 18.0 Å². The van der Waals surface area contributed by atoms with Crippen molar-refractivity contribution in [2.24, 2.45) is 5.92 Å². The van der Waals surface area contributed by atoms with Crippen molar-refractivity contribution in [3.63, 3.8) is 0 Å². The molecule has 3 heterocycles. The number of benzene rings is 1. The number of aromatic nitrogens is 1. The predicted molar refractivity (Wildman–Crippen MR) is 117 cm³/mol.